The second-order valence-electron chi connectivity index (χ2n) is 6.47. The van der Waals surface area contributed by atoms with Crippen LogP contribution in [0.4, 0.5) is 0 Å². The summed E-state index contributed by atoms with van der Waals surface area (Å²) < 4.78 is 9.08. The molecule has 1 aromatic rings. The van der Waals surface area contributed by atoms with E-state index in [1.54, 1.807) is 27.7 Å². The summed E-state index contributed by atoms with van der Waals surface area (Å²) in [6, 6.07) is 0. The summed E-state index contributed by atoms with van der Waals surface area (Å²) in [7, 11) is 0. The van der Waals surface area contributed by atoms with Crippen LogP contribution in [0, 0.1) is 19.3 Å². The fourth-order valence-corrected chi connectivity index (χ4v) is 3.36. The van der Waals surface area contributed by atoms with E-state index in [4.69, 9.17) is 32.7 Å². The van der Waals surface area contributed by atoms with E-state index in [-0.39, 0.29) is 18.7 Å². The molecule has 25 heavy (non-hydrogen) atoms. The fraction of sp³-hybridized carbons (Fsp3) is 0.588. The molecule has 1 aliphatic rings. The highest BCUT2D eigenvalue weighted by atomic mass is 35.5. The molecule has 1 aromatic heterocycles. The van der Waals surface area contributed by atoms with E-state index in [0.29, 0.717) is 16.8 Å². The van der Waals surface area contributed by atoms with Crippen LogP contribution in [0.2, 0.25) is 0 Å². The Kier molecular flexibility index (Phi) is 5.26. The Bertz CT molecular complexity index is 740. The van der Waals surface area contributed by atoms with Gasteiger partial charge >= 0.3 is 11.9 Å². The molecule has 0 saturated heterocycles. The Balaban J connectivity index is 2.17. The number of nitrogens with one attached hydrogen (secondary N) is 1. The lowest BCUT2D eigenvalue weighted by atomic mass is 10.1. The van der Waals surface area contributed by atoms with Crippen LogP contribution in [0.1, 0.15) is 59.3 Å². The van der Waals surface area contributed by atoms with Gasteiger partial charge in [-0.05, 0) is 40.2 Å². The Morgan fingerprint density at radius 3 is 2.32 bits per heavy atom. The number of aromatic nitrogens is 1. The van der Waals surface area contributed by atoms with E-state index in [0.717, 1.165) is 0 Å². The van der Waals surface area contributed by atoms with Crippen molar-refractivity contribution in [3.63, 3.8) is 0 Å². The summed E-state index contributed by atoms with van der Waals surface area (Å²) in [5.41, 5.74) is 0.503. The summed E-state index contributed by atoms with van der Waals surface area (Å²) in [5, 5.41) is 0. The molecular weight excluding hydrogens is 369 g/mol. The smallest absolute Gasteiger partial charge is 0.340 e. The van der Waals surface area contributed by atoms with Crippen molar-refractivity contribution in [1.29, 1.82) is 0 Å². The molecule has 2 atom stereocenters. The summed E-state index contributed by atoms with van der Waals surface area (Å²) in [6.07, 6.45) is -0.767. The van der Waals surface area contributed by atoms with Gasteiger partial charge in [-0.25, -0.2) is 4.79 Å². The molecule has 0 aliphatic heterocycles. The largest absolute Gasteiger partial charge is 0.462 e. The normalized spacial score (nSPS) is 22.2. The number of alkyl halides is 2. The van der Waals surface area contributed by atoms with Gasteiger partial charge in [-0.3, -0.25) is 9.59 Å². The van der Waals surface area contributed by atoms with Crippen LogP contribution in [0.5, 0.6) is 0 Å². The average Bonchev–Trinajstić information content (AvgIpc) is 2.88. The topological polar surface area (TPSA) is 85.5 Å². The van der Waals surface area contributed by atoms with E-state index in [2.05, 4.69) is 4.98 Å². The first-order valence-corrected chi connectivity index (χ1v) is 8.71. The van der Waals surface area contributed by atoms with Crippen molar-refractivity contribution >= 4 is 40.9 Å². The van der Waals surface area contributed by atoms with Gasteiger partial charge < -0.3 is 14.5 Å². The number of aryl methyl sites for hydroxylation is 1. The average molecular weight is 390 g/mol. The monoisotopic (exact) mass is 389 g/mol. The number of Topliss-reactive ketones (excluding diaryl/α,β-unsaturated/α-hetero) is 1. The first-order chi connectivity index (χ1) is 11.5. The van der Waals surface area contributed by atoms with Gasteiger partial charge in [-0.15, -0.1) is 23.2 Å². The maximum atomic E-state index is 12.6. The standard InChI is InChI=1S/C17H21Cl2NO5/c1-6-24-14(22)11-8(2)12(20-9(11)3)13(21)10(4)25-15(23)16(5)7-17(16,18)19/h10,20H,6-7H2,1-5H3/t10-,16-/m0/s1. The summed E-state index contributed by atoms with van der Waals surface area (Å²) in [4.78, 5) is 39.7. The van der Waals surface area contributed by atoms with Gasteiger partial charge in [0.1, 0.15) is 9.75 Å². The van der Waals surface area contributed by atoms with Crippen LogP contribution >= 0.6 is 23.2 Å². The third-order valence-corrected chi connectivity index (χ3v) is 5.63. The van der Waals surface area contributed by atoms with Crippen molar-refractivity contribution in [1.82, 2.24) is 4.98 Å². The summed E-state index contributed by atoms with van der Waals surface area (Å²) in [6.45, 7) is 8.31. The van der Waals surface area contributed by atoms with Crippen molar-refractivity contribution in [2.24, 2.45) is 5.41 Å². The van der Waals surface area contributed by atoms with Gasteiger partial charge in [0.15, 0.2) is 6.10 Å². The molecule has 1 N–H and O–H groups in total. The maximum Gasteiger partial charge on any atom is 0.340 e. The number of hydrogen-bond donors (Lipinski definition) is 1. The van der Waals surface area contributed by atoms with E-state index in [1.165, 1.54) is 6.92 Å². The van der Waals surface area contributed by atoms with Crippen molar-refractivity contribution in [3.8, 4) is 0 Å². The highest BCUT2D eigenvalue weighted by Gasteiger charge is 2.69. The molecule has 0 bridgehead atoms. The van der Waals surface area contributed by atoms with Crippen LogP contribution in [-0.4, -0.2) is 39.8 Å². The predicted octanol–water partition coefficient (Wildman–Crippen LogP) is 3.51. The second-order valence-corrected chi connectivity index (χ2v) is 7.95. The lowest BCUT2D eigenvalue weighted by Crippen LogP contribution is -2.30. The number of hydrogen-bond acceptors (Lipinski definition) is 5. The zero-order chi connectivity index (χ0) is 19.2. The first-order valence-electron chi connectivity index (χ1n) is 7.95. The second kappa shape index (κ2) is 6.65. The number of ether oxygens (including phenoxy) is 2. The maximum absolute atomic E-state index is 12.6. The molecular formula is C17H21Cl2NO5. The number of carbonyl (C=O) groups excluding carboxylic acids is 3. The molecule has 1 heterocycles. The van der Waals surface area contributed by atoms with E-state index < -0.39 is 33.6 Å². The molecule has 0 unspecified atom stereocenters. The summed E-state index contributed by atoms with van der Waals surface area (Å²) in [5.74, 6) is -1.56. The van der Waals surface area contributed by atoms with Gasteiger partial charge in [-0.1, -0.05) is 0 Å². The highest BCUT2D eigenvalue weighted by molar-refractivity contribution is 6.53. The third kappa shape index (κ3) is 3.42. The van der Waals surface area contributed by atoms with Gasteiger partial charge in [0, 0.05) is 12.1 Å². The Morgan fingerprint density at radius 2 is 1.84 bits per heavy atom. The minimum atomic E-state index is -1.16. The number of aromatic amines is 1. The minimum Gasteiger partial charge on any atom is -0.462 e. The number of halogens is 2. The Morgan fingerprint density at radius 1 is 1.28 bits per heavy atom. The molecule has 0 amide bonds. The quantitative estimate of drug-likeness (QED) is 0.457. The highest BCUT2D eigenvalue weighted by Crippen LogP contribution is 2.64. The molecule has 0 aromatic carbocycles. The van der Waals surface area contributed by atoms with E-state index in [9.17, 15) is 14.4 Å². The minimum absolute atomic E-state index is 0.213. The number of H-pyrrole nitrogens is 1. The van der Waals surface area contributed by atoms with Gasteiger partial charge in [0.25, 0.3) is 0 Å². The molecule has 1 aliphatic carbocycles. The lowest BCUT2D eigenvalue weighted by Gasteiger charge is -2.16. The lowest BCUT2D eigenvalue weighted by molar-refractivity contribution is -0.152. The number of esters is 2. The number of ketones is 1. The van der Waals surface area contributed by atoms with Gasteiger partial charge in [0.05, 0.1) is 17.9 Å². The van der Waals surface area contributed by atoms with Crippen molar-refractivity contribution < 1.29 is 23.9 Å². The molecule has 138 valence electrons. The van der Waals surface area contributed by atoms with Gasteiger partial charge in [0.2, 0.25) is 5.78 Å². The molecule has 1 saturated carbocycles. The molecule has 6 nitrogen and oxygen atoms in total. The zero-order valence-corrected chi connectivity index (χ0v) is 16.3. The van der Waals surface area contributed by atoms with Crippen LogP contribution in [0.25, 0.3) is 0 Å². The number of rotatable bonds is 6. The van der Waals surface area contributed by atoms with Crippen molar-refractivity contribution in [2.75, 3.05) is 6.61 Å². The van der Waals surface area contributed by atoms with E-state index >= 15 is 0 Å². The molecule has 2 rings (SSSR count). The summed E-state index contributed by atoms with van der Waals surface area (Å²) >= 11 is 11.9. The number of carbonyl (C=O) groups is 3. The third-order valence-electron chi connectivity index (χ3n) is 4.52. The Hall–Kier alpha value is -1.53. The predicted molar refractivity (Wildman–Crippen MR) is 93.3 cm³/mol. The van der Waals surface area contributed by atoms with Crippen LogP contribution in [0.15, 0.2) is 0 Å². The Labute approximate surface area is 156 Å². The fourth-order valence-electron chi connectivity index (χ4n) is 2.67. The van der Waals surface area contributed by atoms with Crippen LogP contribution < -0.4 is 0 Å². The van der Waals surface area contributed by atoms with Crippen LogP contribution in [-0.2, 0) is 14.3 Å². The van der Waals surface area contributed by atoms with Crippen LogP contribution in [0.3, 0.4) is 0 Å². The molecule has 1 fully saturated rings. The SMILES string of the molecule is CCOC(=O)c1c(C)[nH]c(C(=O)[C@H](C)OC(=O)[C@]2(C)CC2(Cl)Cl)c1C. The van der Waals surface area contributed by atoms with Gasteiger partial charge in [-0.2, -0.15) is 0 Å². The van der Waals surface area contributed by atoms with E-state index in [1.807, 2.05) is 0 Å². The van der Waals surface area contributed by atoms with Crippen molar-refractivity contribution in [2.45, 2.75) is 51.5 Å². The first kappa shape index (κ1) is 19.8. The van der Waals surface area contributed by atoms with Crippen molar-refractivity contribution in [3.05, 3.63) is 22.5 Å². The molecule has 8 heteroatoms. The zero-order valence-electron chi connectivity index (χ0n) is 14.8. The molecule has 0 spiro atoms. The molecule has 0 radical (unpaired) electrons.